The SMILES string of the molecule is CC1CN(CCOCCN)CC(C)O1. The molecule has 1 heterocycles. The molecule has 0 amide bonds. The van der Waals surface area contributed by atoms with Crippen molar-refractivity contribution in [1.82, 2.24) is 4.90 Å². The van der Waals surface area contributed by atoms with Crippen LogP contribution in [-0.4, -0.2) is 56.5 Å². The molecule has 0 aromatic carbocycles. The number of nitrogens with two attached hydrogens (primary N) is 1. The number of nitrogens with zero attached hydrogens (tertiary/aromatic N) is 1. The van der Waals surface area contributed by atoms with Crippen LogP contribution in [0, 0.1) is 0 Å². The summed E-state index contributed by atoms with van der Waals surface area (Å²) >= 11 is 0. The van der Waals surface area contributed by atoms with Crippen molar-refractivity contribution in [2.75, 3.05) is 39.4 Å². The van der Waals surface area contributed by atoms with E-state index in [1.807, 2.05) is 0 Å². The maximum absolute atomic E-state index is 5.64. The highest BCUT2D eigenvalue weighted by Gasteiger charge is 2.21. The third-order valence-electron chi connectivity index (χ3n) is 2.31. The second-order valence-corrected chi connectivity index (χ2v) is 3.92. The van der Waals surface area contributed by atoms with E-state index in [4.69, 9.17) is 15.2 Å². The van der Waals surface area contributed by atoms with Crippen LogP contribution in [-0.2, 0) is 9.47 Å². The van der Waals surface area contributed by atoms with Crippen molar-refractivity contribution in [1.29, 1.82) is 0 Å². The Bertz CT molecular complexity index is 145. The van der Waals surface area contributed by atoms with Crippen LogP contribution in [0.3, 0.4) is 0 Å². The number of rotatable bonds is 5. The van der Waals surface area contributed by atoms with Gasteiger partial charge in [0.25, 0.3) is 0 Å². The van der Waals surface area contributed by atoms with E-state index < -0.39 is 0 Å². The molecule has 84 valence electrons. The van der Waals surface area contributed by atoms with E-state index in [0.29, 0.717) is 25.4 Å². The Morgan fingerprint density at radius 1 is 1.29 bits per heavy atom. The summed E-state index contributed by atoms with van der Waals surface area (Å²) < 4.78 is 11.0. The molecule has 0 bridgehead atoms. The number of hydrogen-bond donors (Lipinski definition) is 1. The van der Waals surface area contributed by atoms with Gasteiger partial charge >= 0.3 is 0 Å². The van der Waals surface area contributed by atoms with E-state index in [1.165, 1.54) is 0 Å². The maximum atomic E-state index is 5.64. The van der Waals surface area contributed by atoms with Gasteiger partial charge in [-0.25, -0.2) is 0 Å². The van der Waals surface area contributed by atoms with E-state index in [0.717, 1.165) is 26.2 Å². The molecule has 1 saturated heterocycles. The van der Waals surface area contributed by atoms with Crippen LogP contribution in [0.4, 0.5) is 0 Å². The van der Waals surface area contributed by atoms with E-state index in [9.17, 15) is 0 Å². The highest BCUT2D eigenvalue weighted by atomic mass is 16.5. The smallest absolute Gasteiger partial charge is 0.0678 e. The monoisotopic (exact) mass is 202 g/mol. The molecular formula is C10H22N2O2. The standard InChI is InChI=1S/C10H22N2O2/c1-9-7-12(8-10(2)14-9)4-6-13-5-3-11/h9-10H,3-8,11H2,1-2H3. The normalized spacial score (nSPS) is 29.4. The molecule has 2 N–H and O–H groups in total. The van der Waals surface area contributed by atoms with Crippen molar-refractivity contribution in [3.05, 3.63) is 0 Å². The Hall–Kier alpha value is -0.160. The summed E-state index contributed by atoms with van der Waals surface area (Å²) in [7, 11) is 0. The fourth-order valence-electron chi connectivity index (χ4n) is 1.85. The Labute approximate surface area is 86.3 Å². The molecule has 4 nitrogen and oxygen atoms in total. The largest absolute Gasteiger partial charge is 0.379 e. The van der Waals surface area contributed by atoms with Gasteiger partial charge in [0.2, 0.25) is 0 Å². The second-order valence-electron chi connectivity index (χ2n) is 3.92. The summed E-state index contributed by atoms with van der Waals surface area (Å²) in [6, 6.07) is 0. The van der Waals surface area contributed by atoms with Crippen molar-refractivity contribution in [2.24, 2.45) is 5.73 Å². The van der Waals surface area contributed by atoms with E-state index >= 15 is 0 Å². The third-order valence-corrected chi connectivity index (χ3v) is 2.31. The summed E-state index contributed by atoms with van der Waals surface area (Å²) in [5.74, 6) is 0. The molecule has 0 aromatic rings. The minimum atomic E-state index is 0.341. The van der Waals surface area contributed by atoms with Crippen LogP contribution in [0.25, 0.3) is 0 Å². The number of hydrogen-bond acceptors (Lipinski definition) is 4. The summed E-state index contributed by atoms with van der Waals surface area (Å²) in [5.41, 5.74) is 5.33. The van der Waals surface area contributed by atoms with Crippen LogP contribution in [0.2, 0.25) is 0 Å². The van der Waals surface area contributed by atoms with Gasteiger partial charge in [0.15, 0.2) is 0 Å². The Morgan fingerprint density at radius 2 is 1.93 bits per heavy atom. The number of morpholine rings is 1. The van der Waals surface area contributed by atoms with Crippen molar-refractivity contribution in [2.45, 2.75) is 26.1 Å². The average Bonchev–Trinajstić information content (AvgIpc) is 2.11. The van der Waals surface area contributed by atoms with E-state index in [2.05, 4.69) is 18.7 Å². The van der Waals surface area contributed by atoms with Gasteiger partial charge in [0, 0.05) is 26.2 Å². The lowest BCUT2D eigenvalue weighted by atomic mass is 10.2. The first-order chi connectivity index (χ1) is 6.72. The highest BCUT2D eigenvalue weighted by Crippen LogP contribution is 2.09. The highest BCUT2D eigenvalue weighted by molar-refractivity contribution is 4.72. The van der Waals surface area contributed by atoms with Crippen LogP contribution < -0.4 is 5.73 Å². The van der Waals surface area contributed by atoms with Gasteiger partial charge < -0.3 is 15.2 Å². The Morgan fingerprint density at radius 3 is 2.50 bits per heavy atom. The van der Waals surface area contributed by atoms with Gasteiger partial charge in [-0.3, -0.25) is 4.90 Å². The molecule has 0 aromatic heterocycles. The topological polar surface area (TPSA) is 47.7 Å². The molecular weight excluding hydrogens is 180 g/mol. The number of ether oxygens (including phenoxy) is 2. The zero-order valence-electron chi connectivity index (χ0n) is 9.24. The molecule has 2 atom stereocenters. The van der Waals surface area contributed by atoms with Crippen molar-refractivity contribution in [3.63, 3.8) is 0 Å². The van der Waals surface area contributed by atoms with Crippen molar-refractivity contribution >= 4 is 0 Å². The molecule has 0 spiro atoms. The molecule has 1 aliphatic heterocycles. The lowest BCUT2D eigenvalue weighted by molar-refractivity contribution is -0.0728. The van der Waals surface area contributed by atoms with Crippen LogP contribution in [0.15, 0.2) is 0 Å². The Kier molecular flexibility index (Phi) is 5.40. The molecule has 0 saturated carbocycles. The first-order valence-electron chi connectivity index (χ1n) is 5.38. The average molecular weight is 202 g/mol. The summed E-state index contributed by atoms with van der Waals surface area (Å²) in [4.78, 5) is 2.38. The molecule has 0 aliphatic carbocycles. The maximum Gasteiger partial charge on any atom is 0.0678 e. The minimum absolute atomic E-state index is 0.341. The first-order valence-corrected chi connectivity index (χ1v) is 5.38. The molecule has 4 heteroatoms. The molecule has 14 heavy (non-hydrogen) atoms. The zero-order valence-corrected chi connectivity index (χ0v) is 9.24. The van der Waals surface area contributed by atoms with Gasteiger partial charge in [-0.15, -0.1) is 0 Å². The van der Waals surface area contributed by atoms with Gasteiger partial charge in [-0.2, -0.15) is 0 Å². The van der Waals surface area contributed by atoms with Gasteiger partial charge in [-0.1, -0.05) is 0 Å². The van der Waals surface area contributed by atoms with E-state index in [1.54, 1.807) is 0 Å². The van der Waals surface area contributed by atoms with Gasteiger partial charge in [-0.05, 0) is 13.8 Å². The quantitative estimate of drug-likeness (QED) is 0.641. The summed E-state index contributed by atoms with van der Waals surface area (Å²) in [6.45, 7) is 9.28. The van der Waals surface area contributed by atoms with Crippen molar-refractivity contribution in [3.8, 4) is 0 Å². The fraction of sp³-hybridized carbons (Fsp3) is 1.00. The van der Waals surface area contributed by atoms with Gasteiger partial charge in [0.1, 0.15) is 0 Å². The predicted molar refractivity (Wildman–Crippen MR) is 56.3 cm³/mol. The van der Waals surface area contributed by atoms with Gasteiger partial charge in [0.05, 0.1) is 25.4 Å². The molecule has 1 rings (SSSR count). The third kappa shape index (κ3) is 4.37. The molecule has 1 fully saturated rings. The second kappa shape index (κ2) is 6.35. The lowest BCUT2D eigenvalue weighted by Crippen LogP contribution is -2.46. The van der Waals surface area contributed by atoms with Crippen LogP contribution in [0.1, 0.15) is 13.8 Å². The summed E-state index contributed by atoms with van der Waals surface area (Å²) in [6.07, 6.45) is 0.682. The Balaban J connectivity index is 2.10. The fourth-order valence-corrected chi connectivity index (χ4v) is 1.85. The van der Waals surface area contributed by atoms with Crippen molar-refractivity contribution < 1.29 is 9.47 Å². The first kappa shape index (κ1) is 11.9. The predicted octanol–water partition coefficient (Wildman–Crippen LogP) is 0.0709. The molecule has 0 radical (unpaired) electrons. The van der Waals surface area contributed by atoms with Crippen LogP contribution in [0.5, 0.6) is 0 Å². The zero-order chi connectivity index (χ0) is 10.4. The molecule has 1 aliphatic rings. The minimum Gasteiger partial charge on any atom is -0.379 e. The molecule has 2 unspecified atom stereocenters. The summed E-state index contributed by atoms with van der Waals surface area (Å²) in [5, 5.41) is 0. The van der Waals surface area contributed by atoms with E-state index in [-0.39, 0.29) is 0 Å². The van der Waals surface area contributed by atoms with Crippen LogP contribution >= 0.6 is 0 Å². The lowest BCUT2D eigenvalue weighted by Gasteiger charge is -2.35.